The number of hydrogen-bond donors (Lipinski definition) is 1. The molecule has 1 heterocycles. The van der Waals surface area contributed by atoms with E-state index >= 15 is 0 Å². The first-order valence-electron chi connectivity index (χ1n) is 11.5. The molecule has 2 fully saturated rings. The zero-order valence-corrected chi connectivity index (χ0v) is 20.0. The van der Waals surface area contributed by atoms with Crippen molar-refractivity contribution in [2.75, 3.05) is 32.0 Å². The van der Waals surface area contributed by atoms with Crippen molar-refractivity contribution in [2.45, 2.75) is 68.7 Å². The van der Waals surface area contributed by atoms with Gasteiger partial charge in [0.1, 0.15) is 6.07 Å². The van der Waals surface area contributed by atoms with Gasteiger partial charge in [-0.2, -0.15) is 9.57 Å². The van der Waals surface area contributed by atoms with Gasteiger partial charge in [-0.15, -0.1) is 0 Å². The highest BCUT2D eigenvalue weighted by atomic mass is 32.2. The Kier molecular flexibility index (Phi) is 7.96. The largest absolute Gasteiger partial charge is 0.383 e. The first kappa shape index (κ1) is 25.4. The summed E-state index contributed by atoms with van der Waals surface area (Å²) in [5, 5.41) is 12.5. The molecule has 1 saturated heterocycles. The van der Waals surface area contributed by atoms with Crippen LogP contribution in [0.5, 0.6) is 0 Å². The van der Waals surface area contributed by atoms with E-state index < -0.39 is 21.9 Å². The second kappa shape index (κ2) is 10.3. The number of nitrogens with zero attached hydrogens (tertiary/aromatic N) is 3. The number of alkyl halides is 2. The van der Waals surface area contributed by atoms with Crippen molar-refractivity contribution >= 4 is 21.6 Å². The van der Waals surface area contributed by atoms with Crippen LogP contribution in [0.2, 0.25) is 0 Å². The minimum absolute atomic E-state index is 0.00249. The predicted molar refractivity (Wildman–Crippen MR) is 121 cm³/mol. The number of carbonyl (C=O) groups excluding carboxylic acids is 1. The van der Waals surface area contributed by atoms with Crippen LogP contribution in [0.4, 0.5) is 14.5 Å². The lowest BCUT2D eigenvalue weighted by molar-refractivity contribution is -0.130. The van der Waals surface area contributed by atoms with Crippen molar-refractivity contribution in [1.29, 1.82) is 5.26 Å². The lowest BCUT2D eigenvalue weighted by Crippen LogP contribution is -2.46. The highest BCUT2D eigenvalue weighted by Crippen LogP contribution is 2.37. The smallest absolute Gasteiger partial charge is 0.252 e. The minimum atomic E-state index is -3.81. The number of rotatable bonds is 6. The van der Waals surface area contributed by atoms with Gasteiger partial charge in [0.15, 0.2) is 0 Å². The lowest BCUT2D eigenvalue weighted by Gasteiger charge is -2.35. The summed E-state index contributed by atoms with van der Waals surface area (Å²) in [6.07, 6.45) is 3.43. The summed E-state index contributed by atoms with van der Waals surface area (Å²) >= 11 is 0. The molecule has 1 atom stereocenters. The number of sulfonamides is 1. The lowest BCUT2D eigenvalue weighted by atomic mass is 9.96. The summed E-state index contributed by atoms with van der Waals surface area (Å²) in [6.45, 7) is 2.08. The summed E-state index contributed by atoms with van der Waals surface area (Å²) in [4.78, 5) is 13.2. The number of piperidine rings is 1. The molecule has 0 aromatic heterocycles. The monoisotopic (exact) mass is 482 g/mol. The Labute approximate surface area is 194 Å². The fraction of sp³-hybridized carbons (Fsp3) is 0.652. The molecule has 2 aliphatic rings. The molecular formula is C23H32F2N4O3S. The molecular weight excluding hydrogens is 450 g/mol. The third kappa shape index (κ3) is 5.82. The number of hydrogen-bond acceptors (Lipinski definition) is 5. The van der Waals surface area contributed by atoms with Crippen LogP contribution in [-0.4, -0.2) is 62.2 Å². The van der Waals surface area contributed by atoms with Gasteiger partial charge in [0.25, 0.3) is 5.92 Å². The van der Waals surface area contributed by atoms with E-state index in [1.165, 1.54) is 29.4 Å². The van der Waals surface area contributed by atoms with Crippen molar-refractivity contribution in [3.8, 4) is 6.07 Å². The van der Waals surface area contributed by atoms with Gasteiger partial charge in [0, 0.05) is 52.0 Å². The van der Waals surface area contributed by atoms with Crippen LogP contribution in [0.1, 0.15) is 57.4 Å². The normalized spacial score (nSPS) is 22.2. The fourth-order valence-electron chi connectivity index (χ4n) is 4.63. The second-order valence-electron chi connectivity index (χ2n) is 9.02. The Morgan fingerprint density at radius 1 is 1.24 bits per heavy atom. The molecule has 7 nitrogen and oxygen atoms in total. The van der Waals surface area contributed by atoms with Crippen molar-refractivity contribution in [1.82, 2.24) is 9.21 Å². The third-order valence-electron chi connectivity index (χ3n) is 6.92. The maximum Gasteiger partial charge on any atom is 0.252 e. The van der Waals surface area contributed by atoms with Gasteiger partial charge in [0.2, 0.25) is 15.9 Å². The first-order valence-corrected chi connectivity index (χ1v) is 12.9. The summed E-state index contributed by atoms with van der Waals surface area (Å²) in [5.74, 6) is -3.62. The molecule has 3 rings (SSSR count). The van der Waals surface area contributed by atoms with E-state index in [2.05, 4.69) is 5.32 Å². The summed E-state index contributed by atoms with van der Waals surface area (Å²) in [6, 6.07) is 6.19. The number of carbonyl (C=O) groups is 1. The van der Waals surface area contributed by atoms with Crippen molar-refractivity contribution < 1.29 is 22.0 Å². The van der Waals surface area contributed by atoms with Crippen LogP contribution >= 0.6 is 0 Å². The molecule has 1 unspecified atom stereocenters. The van der Waals surface area contributed by atoms with Crippen LogP contribution in [0, 0.1) is 17.2 Å². The Morgan fingerprint density at radius 2 is 1.94 bits per heavy atom. The molecule has 182 valence electrons. The summed E-state index contributed by atoms with van der Waals surface area (Å²) in [7, 11) is -2.09. The Bertz CT molecular complexity index is 1000. The molecule has 33 heavy (non-hydrogen) atoms. The van der Waals surface area contributed by atoms with Crippen molar-refractivity contribution in [3.63, 3.8) is 0 Å². The van der Waals surface area contributed by atoms with E-state index in [4.69, 9.17) is 0 Å². The average molecular weight is 483 g/mol. The summed E-state index contributed by atoms with van der Waals surface area (Å²) < 4.78 is 56.3. The van der Waals surface area contributed by atoms with Crippen LogP contribution < -0.4 is 5.32 Å². The van der Waals surface area contributed by atoms with Crippen molar-refractivity contribution in [3.05, 3.63) is 23.8 Å². The maximum absolute atomic E-state index is 14.4. The molecule has 1 amide bonds. The van der Waals surface area contributed by atoms with E-state index in [1.54, 1.807) is 11.9 Å². The van der Waals surface area contributed by atoms with Gasteiger partial charge in [-0.1, -0.05) is 12.8 Å². The number of anilines is 1. The quantitative estimate of drug-likeness (QED) is 0.622. The molecule has 1 aliphatic heterocycles. The van der Waals surface area contributed by atoms with Gasteiger partial charge in [0.05, 0.1) is 16.1 Å². The predicted octanol–water partition coefficient (Wildman–Crippen LogP) is 3.82. The molecule has 0 bridgehead atoms. The van der Waals surface area contributed by atoms with E-state index in [-0.39, 0.29) is 48.5 Å². The van der Waals surface area contributed by atoms with Crippen LogP contribution in [-0.2, 0) is 14.8 Å². The van der Waals surface area contributed by atoms with Gasteiger partial charge in [-0.25, -0.2) is 17.2 Å². The fourth-order valence-corrected chi connectivity index (χ4v) is 6.13. The topological polar surface area (TPSA) is 93.5 Å². The number of amides is 1. The Hall–Kier alpha value is -2.25. The molecule has 1 saturated carbocycles. The molecule has 10 heteroatoms. The number of benzene rings is 1. The zero-order chi connectivity index (χ0) is 24.2. The third-order valence-corrected chi connectivity index (χ3v) is 8.81. The van der Waals surface area contributed by atoms with Crippen LogP contribution in [0.15, 0.2) is 23.1 Å². The SMILES string of the molecule is CC(=O)N(C)C1CCN(S(=O)(=O)c2ccc(NCC3CCCCCC3(F)F)c(C#N)c2)CC1. The molecule has 1 aliphatic carbocycles. The Balaban J connectivity index is 1.70. The number of halogens is 2. The van der Waals surface area contributed by atoms with Gasteiger partial charge in [-0.3, -0.25) is 4.79 Å². The minimum Gasteiger partial charge on any atom is -0.383 e. The van der Waals surface area contributed by atoms with E-state index in [1.807, 2.05) is 6.07 Å². The van der Waals surface area contributed by atoms with E-state index in [9.17, 15) is 27.3 Å². The standard InChI is InChI=1S/C23H32F2N4O3S/c1-17(30)28(2)20-9-12-29(13-10-20)33(31,32)21-7-8-22(18(14-21)15-26)27-16-19-6-4-3-5-11-23(19,24)25/h7-8,14,19-20,27H,3-6,9-13,16H2,1-2H3. The number of nitriles is 1. The highest BCUT2D eigenvalue weighted by molar-refractivity contribution is 7.89. The van der Waals surface area contributed by atoms with E-state index in [0.29, 0.717) is 31.4 Å². The van der Waals surface area contributed by atoms with Crippen LogP contribution in [0.3, 0.4) is 0 Å². The second-order valence-corrected chi connectivity index (χ2v) is 11.0. The van der Waals surface area contributed by atoms with Gasteiger partial charge < -0.3 is 10.2 Å². The van der Waals surface area contributed by atoms with Crippen molar-refractivity contribution in [2.24, 2.45) is 5.92 Å². The van der Waals surface area contributed by atoms with E-state index in [0.717, 1.165) is 12.8 Å². The maximum atomic E-state index is 14.4. The summed E-state index contributed by atoms with van der Waals surface area (Å²) in [5.41, 5.74) is 0.470. The molecule has 1 aromatic rings. The molecule has 0 spiro atoms. The molecule has 1 aromatic carbocycles. The highest BCUT2D eigenvalue weighted by Gasteiger charge is 2.39. The van der Waals surface area contributed by atoms with Crippen LogP contribution in [0.25, 0.3) is 0 Å². The average Bonchev–Trinajstić information content (AvgIpc) is 2.96. The molecule has 0 radical (unpaired) electrons. The van der Waals surface area contributed by atoms with Gasteiger partial charge in [-0.05, 0) is 43.9 Å². The zero-order valence-electron chi connectivity index (χ0n) is 19.2. The van der Waals surface area contributed by atoms with Gasteiger partial charge >= 0.3 is 0 Å². The molecule has 1 N–H and O–H groups in total. The number of nitrogens with one attached hydrogen (secondary N) is 1. The Morgan fingerprint density at radius 3 is 2.58 bits per heavy atom. The first-order chi connectivity index (χ1) is 15.6.